The van der Waals surface area contributed by atoms with E-state index in [0.717, 1.165) is 59.2 Å². The number of H-pyrrole nitrogens is 1. The Bertz CT molecular complexity index is 1410. The van der Waals surface area contributed by atoms with Gasteiger partial charge in [0.25, 0.3) is 0 Å². The molecule has 0 atom stereocenters. The smallest absolute Gasteiger partial charge is 0.233 e. The number of pyridine rings is 2. The van der Waals surface area contributed by atoms with E-state index in [-0.39, 0.29) is 5.91 Å². The monoisotopic (exact) mass is 487 g/mol. The maximum absolute atomic E-state index is 11.8. The lowest BCUT2D eigenvalue weighted by Crippen LogP contribution is -2.41. The predicted molar refractivity (Wildman–Crippen MR) is 143 cm³/mol. The quantitative estimate of drug-likeness (QED) is 0.411. The fourth-order valence-electron chi connectivity index (χ4n) is 5.80. The molecule has 0 aromatic carbocycles. The molecule has 36 heavy (non-hydrogen) atoms. The van der Waals surface area contributed by atoms with E-state index in [4.69, 9.17) is 4.98 Å². The minimum absolute atomic E-state index is 0.0737. The molecule has 4 heterocycles. The second kappa shape index (κ2) is 9.65. The molecular weight excluding hydrogens is 450 g/mol. The lowest BCUT2D eigenvalue weighted by Gasteiger charge is -2.34. The number of carbonyl (C=O) groups is 1. The molecule has 1 saturated carbocycles. The molecule has 190 valence electrons. The van der Waals surface area contributed by atoms with Crippen molar-refractivity contribution in [3.8, 4) is 11.3 Å². The maximum Gasteiger partial charge on any atom is 0.233 e. The lowest BCUT2D eigenvalue weighted by atomic mass is 9.83. The molecular formula is C28H37N7O. The molecule has 4 aromatic heterocycles. The van der Waals surface area contributed by atoms with Crippen LogP contribution in [0.4, 0.5) is 0 Å². The summed E-state index contributed by atoms with van der Waals surface area (Å²) in [7, 11) is 3.75. The lowest BCUT2D eigenvalue weighted by molar-refractivity contribution is -0.122. The van der Waals surface area contributed by atoms with Crippen LogP contribution in [0.2, 0.25) is 0 Å². The van der Waals surface area contributed by atoms with Crippen LogP contribution in [-0.2, 0) is 4.79 Å². The summed E-state index contributed by atoms with van der Waals surface area (Å²) in [5, 5.41) is 7.13. The molecule has 0 radical (unpaired) electrons. The Kier molecular flexibility index (Phi) is 6.55. The van der Waals surface area contributed by atoms with Crippen LogP contribution in [0.5, 0.6) is 0 Å². The normalized spacial score (nSPS) is 18.6. The van der Waals surface area contributed by atoms with Gasteiger partial charge in [0, 0.05) is 42.0 Å². The molecule has 8 heteroatoms. The number of fused-ring (bicyclic) bond motifs is 2. The van der Waals surface area contributed by atoms with Gasteiger partial charge in [-0.25, -0.2) is 9.50 Å². The third kappa shape index (κ3) is 4.28. The van der Waals surface area contributed by atoms with Gasteiger partial charge in [0.05, 0.1) is 23.3 Å². The van der Waals surface area contributed by atoms with Crippen molar-refractivity contribution in [1.82, 2.24) is 34.8 Å². The van der Waals surface area contributed by atoms with Crippen LogP contribution in [0.15, 0.2) is 24.7 Å². The summed E-state index contributed by atoms with van der Waals surface area (Å²) in [6, 6.07) is 4.85. The average Bonchev–Trinajstić information content (AvgIpc) is 3.50. The van der Waals surface area contributed by atoms with Crippen molar-refractivity contribution >= 4 is 22.6 Å². The molecule has 0 unspecified atom stereocenters. The van der Waals surface area contributed by atoms with Crippen LogP contribution >= 0.6 is 0 Å². The third-order valence-corrected chi connectivity index (χ3v) is 8.08. The number of hydrogen-bond acceptors (Lipinski definition) is 5. The van der Waals surface area contributed by atoms with Crippen molar-refractivity contribution in [2.75, 3.05) is 20.6 Å². The molecule has 0 aliphatic heterocycles. The van der Waals surface area contributed by atoms with Crippen molar-refractivity contribution in [3.05, 3.63) is 47.0 Å². The molecule has 2 N–H and O–H groups in total. The molecule has 8 nitrogen and oxygen atoms in total. The Balaban J connectivity index is 1.46. The SMILES string of the molecule is CNC(=O)CN(C)C1CCC(c2ccc3[nH]c(-c4cn5ncnc5c(C)c4C)c(C(C)C)c3n2)CC1. The van der Waals surface area contributed by atoms with Gasteiger partial charge in [0.15, 0.2) is 5.65 Å². The standard InChI is InChI=1S/C28H37N7O/c1-16(2)25-26(21-13-35-28(30-15-31-35)18(4)17(21)3)33-23-12-11-22(32-27(23)25)19-7-9-20(10-8-19)34(6)14-24(36)29-5/h11-13,15-16,19-20,33H,7-10,14H2,1-6H3,(H,29,36). The van der Waals surface area contributed by atoms with Gasteiger partial charge in [0.1, 0.15) is 6.33 Å². The van der Waals surface area contributed by atoms with E-state index in [1.54, 1.807) is 13.4 Å². The van der Waals surface area contributed by atoms with E-state index in [9.17, 15) is 4.79 Å². The van der Waals surface area contributed by atoms with Gasteiger partial charge < -0.3 is 10.3 Å². The summed E-state index contributed by atoms with van der Waals surface area (Å²) in [4.78, 5) is 27.3. The first-order valence-electron chi connectivity index (χ1n) is 13.0. The minimum Gasteiger partial charge on any atom is -0.358 e. The second-order valence-corrected chi connectivity index (χ2v) is 10.6. The number of aromatic amines is 1. The molecule has 1 amide bonds. The maximum atomic E-state index is 11.8. The Morgan fingerprint density at radius 1 is 1.19 bits per heavy atom. The average molecular weight is 488 g/mol. The summed E-state index contributed by atoms with van der Waals surface area (Å²) >= 11 is 0. The van der Waals surface area contributed by atoms with Gasteiger partial charge in [-0.1, -0.05) is 13.8 Å². The third-order valence-electron chi connectivity index (χ3n) is 8.08. The molecule has 4 aromatic rings. The molecule has 0 bridgehead atoms. The van der Waals surface area contributed by atoms with E-state index in [2.05, 4.69) is 78.4 Å². The first-order valence-corrected chi connectivity index (χ1v) is 13.0. The van der Waals surface area contributed by atoms with Gasteiger partial charge in [-0.3, -0.25) is 14.7 Å². The topological polar surface area (TPSA) is 91.2 Å². The summed E-state index contributed by atoms with van der Waals surface area (Å²) in [6.45, 7) is 9.21. The van der Waals surface area contributed by atoms with E-state index in [1.165, 1.54) is 16.8 Å². The number of hydrogen-bond donors (Lipinski definition) is 2. The van der Waals surface area contributed by atoms with Gasteiger partial charge in [-0.05, 0) is 75.8 Å². The molecule has 1 fully saturated rings. The number of rotatable bonds is 6. The molecule has 0 spiro atoms. The predicted octanol–water partition coefficient (Wildman–Crippen LogP) is 4.72. The summed E-state index contributed by atoms with van der Waals surface area (Å²) in [6.07, 6.45) is 8.05. The number of nitrogens with one attached hydrogen (secondary N) is 2. The van der Waals surface area contributed by atoms with Crippen LogP contribution in [-0.4, -0.2) is 62.1 Å². The highest BCUT2D eigenvalue weighted by Crippen LogP contribution is 2.39. The van der Waals surface area contributed by atoms with Crippen molar-refractivity contribution in [2.45, 2.75) is 71.3 Å². The van der Waals surface area contributed by atoms with Crippen molar-refractivity contribution in [3.63, 3.8) is 0 Å². The van der Waals surface area contributed by atoms with E-state index in [0.29, 0.717) is 24.4 Å². The van der Waals surface area contributed by atoms with E-state index >= 15 is 0 Å². The van der Waals surface area contributed by atoms with Crippen LogP contribution in [0.3, 0.4) is 0 Å². The highest BCUT2D eigenvalue weighted by Gasteiger charge is 2.28. The second-order valence-electron chi connectivity index (χ2n) is 10.6. The number of aromatic nitrogens is 5. The van der Waals surface area contributed by atoms with Crippen LogP contribution in [0.25, 0.3) is 27.9 Å². The largest absolute Gasteiger partial charge is 0.358 e. The van der Waals surface area contributed by atoms with Crippen molar-refractivity contribution < 1.29 is 4.79 Å². The molecule has 5 rings (SSSR count). The number of nitrogens with zero attached hydrogens (tertiary/aromatic N) is 5. The Labute approximate surface area is 212 Å². The van der Waals surface area contributed by atoms with Crippen LogP contribution < -0.4 is 5.32 Å². The zero-order valence-electron chi connectivity index (χ0n) is 22.2. The number of carbonyl (C=O) groups excluding carboxylic acids is 1. The number of likely N-dealkylation sites (N-methyl/N-ethyl adjacent to an activating group) is 2. The van der Waals surface area contributed by atoms with Gasteiger partial charge >= 0.3 is 0 Å². The van der Waals surface area contributed by atoms with E-state index < -0.39 is 0 Å². The molecule has 0 saturated heterocycles. The highest BCUT2D eigenvalue weighted by molar-refractivity contribution is 5.89. The molecule has 1 aliphatic carbocycles. The van der Waals surface area contributed by atoms with Crippen LogP contribution in [0, 0.1) is 13.8 Å². The fourth-order valence-corrected chi connectivity index (χ4v) is 5.80. The number of aryl methyl sites for hydroxylation is 1. The Morgan fingerprint density at radius 3 is 2.64 bits per heavy atom. The zero-order chi connectivity index (χ0) is 25.6. The summed E-state index contributed by atoms with van der Waals surface area (Å²) < 4.78 is 1.87. The molecule has 1 aliphatic rings. The summed E-state index contributed by atoms with van der Waals surface area (Å²) in [5.41, 5.74) is 10.1. The van der Waals surface area contributed by atoms with Crippen molar-refractivity contribution in [1.29, 1.82) is 0 Å². The van der Waals surface area contributed by atoms with Crippen molar-refractivity contribution in [2.24, 2.45) is 0 Å². The first-order chi connectivity index (χ1) is 17.3. The van der Waals surface area contributed by atoms with Gasteiger partial charge in [-0.2, -0.15) is 5.10 Å². The van der Waals surface area contributed by atoms with Gasteiger partial charge in [-0.15, -0.1) is 0 Å². The summed E-state index contributed by atoms with van der Waals surface area (Å²) in [5.74, 6) is 0.842. The highest BCUT2D eigenvalue weighted by atomic mass is 16.1. The first kappa shape index (κ1) is 24.4. The Hall–Kier alpha value is -3.26. The number of amides is 1. The fraction of sp³-hybridized carbons (Fsp3) is 0.500. The minimum atomic E-state index is 0.0737. The van der Waals surface area contributed by atoms with Crippen LogP contribution in [0.1, 0.15) is 73.8 Å². The zero-order valence-corrected chi connectivity index (χ0v) is 22.2. The van der Waals surface area contributed by atoms with Gasteiger partial charge in [0.2, 0.25) is 5.91 Å². The van der Waals surface area contributed by atoms with E-state index in [1.807, 2.05) is 4.52 Å². The Morgan fingerprint density at radius 2 is 1.94 bits per heavy atom.